The van der Waals surface area contributed by atoms with E-state index in [2.05, 4.69) is 4.98 Å². The average Bonchev–Trinajstić information content (AvgIpc) is 2.65. The van der Waals surface area contributed by atoms with E-state index in [1.54, 1.807) is 6.07 Å². The third-order valence-electron chi connectivity index (χ3n) is 2.96. The number of ether oxygens (including phenoxy) is 1. The first-order chi connectivity index (χ1) is 8.01. The Morgan fingerprint density at radius 2 is 2.29 bits per heavy atom. The molecule has 0 spiro atoms. The molecular formula is C12H19N3O2. The molecule has 17 heavy (non-hydrogen) atoms. The van der Waals surface area contributed by atoms with Gasteiger partial charge >= 0.3 is 0 Å². The van der Waals surface area contributed by atoms with Crippen LogP contribution in [0.3, 0.4) is 0 Å². The van der Waals surface area contributed by atoms with Crippen LogP contribution in [0.25, 0.3) is 0 Å². The zero-order valence-corrected chi connectivity index (χ0v) is 10.3. The molecule has 5 heteroatoms. The van der Waals surface area contributed by atoms with E-state index in [1.807, 2.05) is 25.1 Å². The maximum Gasteiger partial charge on any atom is 0.123 e. The zero-order valence-electron chi connectivity index (χ0n) is 10.3. The van der Waals surface area contributed by atoms with E-state index in [-0.39, 0.29) is 0 Å². The lowest BCUT2D eigenvalue weighted by Crippen LogP contribution is -2.29. The van der Waals surface area contributed by atoms with Gasteiger partial charge in [-0.1, -0.05) is 6.07 Å². The van der Waals surface area contributed by atoms with Gasteiger partial charge in [-0.2, -0.15) is 0 Å². The Morgan fingerprint density at radius 1 is 1.53 bits per heavy atom. The average molecular weight is 237 g/mol. The van der Waals surface area contributed by atoms with Crippen molar-refractivity contribution in [2.24, 2.45) is 0 Å². The van der Waals surface area contributed by atoms with Gasteiger partial charge in [-0.3, -0.25) is 0 Å². The molecule has 1 saturated heterocycles. The predicted octanol–water partition coefficient (Wildman–Crippen LogP) is 0.333. The molecule has 2 heterocycles. The molecule has 94 valence electrons. The summed E-state index contributed by atoms with van der Waals surface area (Å²) in [7, 11) is 3.92. The number of nitrogen functional groups attached to an aromatic ring is 1. The van der Waals surface area contributed by atoms with Gasteiger partial charge in [-0.05, 0) is 20.2 Å². The lowest BCUT2D eigenvalue weighted by Gasteiger charge is -2.24. The highest BCUT2D eigenvalue weighted by Gasteiger charge is 2.36. The van der Waals surface area contributed by atoms with Crippen LogP contribution in [0.4, 0.5) is 5.82 Å². The maximum absolute atomic E-state index is 10.5. The van der Waals surface area contributed by atoms with E-state index in [0.717, 1.165) is 11.3 Å². The Kier molecular flexibility index (Phi) is 3.33. The molecule has 0 aliphatic carbocycles. The van der Waals surface area contributed by atoms with Gasteiger partial charge < -0.3 is 20.5 Å². The van der Waals surface area contributed by atoms with Gasteiger partial charge in [0.1, 0.15) is 11.4 Å². The van der Waals surface area contributed by atoms with Crippen molar-refractivity contribution >= 4 is 5.82 Å². The highest BCUT2D eigenvalue weighted by molar-refractivity contribution is 5.37. The first kappa shape index (κ1) is 12.3. The van der Waals surface area contributed by atoms with Crippen molar-refractivity contribution in [1.29, 1.82) is 0 Å². The van der Waals surface area contributed by atoms with Crippen LogP contribution in [0.15, 0.2) is 12.1 Å². The summed E-state index contributed by atoms with van der Waals surface area (Å²) in [4.78, 5) is 6.33. The van der Waals surface area contributed by atoms with Crippen molar-refractivity contribution in [1.82, 2.24) is 9.88 Å². The fourth-order valence-corrected chi connectivity index (χ4v) is 2.13. The minimum atomic E-state index is -0.911. The van der Waals surface area contributed by atoms with Gasteiger partial charge in [-0.15, -0.1) is 0 Å². The standard InChI is InChI=1S/C12H19N3O2/c1-15(2)7-10-9(3-4-11(13)14-10)12(16)5-6-17-8-12/h3-4,16H,5-8H2,1-2H3,(H2,13,14). The number of nitrogens with zero attached hydrogens (tertiary/aromatic N) is 2. The second kappa shape index (κ2) is 4.60. The number of rotatable bonds is 3. The molecular weight excluding hydrogens is 218 g/mol. The van der Waals surface area contributed by atoms with Crippen molar-refractivity contribution in [3.63, 3.8) is 0 Å². The molecule has 1 atom stereocenters. The topological polar surface area (TPSA) is 71.6 Å². The van der Waals surface area contributed by atoms with Gasteiger partial charge in [0, 0.05) is 25.1 Å². The molecule has 0 saturated carbocycles. The molecule has 1 aromatic rings. The normalized spacial score (nSPS) is 24.5. The van der Waals surface area contributed by atoms with E-state index in [9.17, 15) is 5.11 Å². The van der Waals surface area contributed by atoms with Crippen LogP contribution in [0.2, 0.25) is 0 Å². The Morgan fingerprint density at radius 3 is 2.88 bits per heavy atom. The molecule has 1 fully saturated rings. The number of aromatic nitrogens is 1. The molecule has 0 radical (unpaired) electrons. The number of nitrogens with two attached hydrogens (primary N) is 1. The summed E-state index contributed by atoms with van der Waals surface area (Å²) >= 11 is 0. The van der Waals surface area contributed by atoms with Gasteiger partial charge in [0.15, 0.2) is 0 Å². The number of hydrogen-bond acceptors (Lipinski definition) is 5. The van der Waals surface area contributed by atoms with Crippen molar-refractivity contribution < 1.29 is 9.84 Å². The quantitative estimate of drug-likeness (QED) is 0.793. The Hall–Kier alpha value is -1.17. The van der Waals surface area contributed by atoms with Crippen LogP contribution < -0.4 is 5.73 Å². The van der Waals surface area contributed by atoms with Gasteiger partial charge in [0.05, 0.1) is 12.3 Å². The van der Waals surface area contributed by atoms with Crippen LogP contribution in [0.1, 0.15) is 17.7 Å². The highest BCUT2D eigenvalue weighted by Crippen LogP contribution is 2.32. The SMILES string of the molecule is CN(C)Cc1nc(N)ccc1C1(O)CCOC1. The third kappa shape index (κ3) is 2.57. The fourth-order valence-electron chi connectivity index (χ4n) is 2.13. The van der Waals surface area contributed by atoms with Gasteiger partial charge in [0.25, 0.3) is 0 Å². The van der Waals surface area contributed by atoms with Crippen molar-refractivity contribution in [3.05, 3.63) is 23.4 Å². The third-order valence-corrected chi connectivity index (χ3v) is 2.96. The van der Waals surface area contributed by atoms with Gasteiger partial charge in [0.2, 0.25) is 0 Å². The maximum atomic E-state index is 10.5. The van der Waals surface area contributed by atoms with Crippen LogP contribution in [-0.2, 0) is 16.9 Å². The molecule has 3 N–H and O–H groups in total. The molecule has 5 nitrogen and oxygen atoms in total. The molecule has 0 bridgehead atoms. The Labute approximate surface area is 101 Å². The summed E-state index contributed by atoms with van der Waals surface area (Å²) < 4.78 is 5.28. The van der Waals surface area contributed by atoms with E-state index < -0.39 is 5.60 Å². The summed E-state index contributed by atoms with van der Waals surface area (Å²) in [6, 6.07) is 3.58. The number of hydrogen-bond donors (Lipinski definition) is 2. The molecule has 1 aliphatic heterocycles. The summed E-state index contributed by atoms with van der Waals surface area (Å²) in [6.45, 7) is 1.57. The van der Waals surface area contributed by atoms with Crippen LogP contribution >= 0.6 is 0 Å². The van der Waals surface area contributed by atoms with E-state index in [1.165, 1.54) is 0 Å². The fraction of sp³-hybridized carbons (Fsp3) is 0.583. The van der Waals surface area contributed by atoms with Crippen LogP contribution in [-0.4, -0.2) is 42.3 Å². The van der Waals surface area contributed by atoms with Crippen molar-refractivity contribution in [3.8, 4) is 0 Å². The van der Waals surface area contributed by atoms with Crippen LogP contribution in [0.5, 0.6) is 0 Å². The number of aliphatic hydroxyl groups is 1. The number of pyridine rings is 1. The molecule has 1 aliphatic rings. The van der Waals surface area contributed by atoms with Crippen molar-refractivity contribution in [2.45, 2.75) is 18.6 Å². The highest BCUT2D eigenvalue weighted by atomic mass is 16.5. The van der Waals surface area contributed by atoms with E-state index >= 15 is 0 Å². The molecule has 1 aromatic heterocycles. The molecule has 0 amide bonds. The smallest absolute Gasteiger partial charge is 0.123 e. The van der Waals surface area contributed by atoms with Gasteiger partial charge in [-0.25, -0.2) is 4.98 Å². The van der Waals surface area contributed by atoms with E-state index in [4.69, 9.17) is 10.5 Å². The largest absolute Gasteiger partial charge is 0.384 e. The zero-order chi connectivity index (χ0) is 12.5. The summed E-state index contributed by atoms with van der Waals surface area (Å²) in [6.07, 6.45) is 0.610. The first-order valence-corrected chi connectivity index (χ1v) is 5.72. The monoisotopic (exact) mass is 237 g/mol. The number of anilines is 1. The summed E-state index contributed by atoms with van der Waals surface area (Å²) in [5.74, 6) is 0.480. The first-order valence-electron chi connectivity index (χ1n) is 5.72. The van der Waals surface area contributed by atoms with Crippen LogP contribution in [0, 0.1) is 0 Å². The minimum absolute atomic E-state index is 0.332. The lowest BCUT2D eigenvalue weighted by molar-refractivity contribution is 0.0217. The second-order valence-electron chi connectivity index (χ2n) is 4.80. The predicted molar refractivity (Wildman–Crippen MR) is 65.4 cm³/mol. The molecule has 1 unspecified atom stereocenters. The Bertz CT molecular complexity index is 401. The van der Waals surface area contributed by atoms with E-state index in [0.29, 0.717) is 32.0 Å². The summed E-state index contributed by atoms with van der Waals surface area (Å²) in [5, 5.41) is 10.5. The lowest BCUT2D eigenvalue weighted by atomic mass is 9.91. The second-order valence-corrected chi connectivity index (χ2v) is 4.80. The molecule has 0 aromatic carbocycles. The summed E-state index contributed by atoms with van der Waals surface area (Å²) in [5.41, 5.74) is 6.45. The minimum Gasteiger partial charge on any atom is -0.384 e. The van der Waals surface area contributed by atoms with Crippen molar-refractivity contribution in [2.75, 3.05) is 33.0 Å². The molecule has 2 rings (SSSR count). The Balaban J connectivity index is 2.38.